The first kappa shape index (κ1) is 13.1. The van der Waals surface area contributed by atoms with Crippen molar-refractivity contribution in [3.05, 3.63) is 0 Å². The average Bonchev–Trinajstić information content (AvgIpc) is 2.83. The van der Waals surface area contributed by atoms with Crippen LogP contribution in [0.3, 0.4) is 0 Å². The molecule has 3 rings (SSSR count). The highest BCUT2D eigenvalue weighted by Crippen LogP contribution is 2.27. The van der Waals surface area contributed by atoms with E-state index in [0.717, 1.165) is 65.3 Å². The molecule has 3 aliphatic rings. The van der Waals surface area contributed by atoms with E-state index in [4.69, 9.17) is 9.47 Å². The van der Waals surface area contributed by atoms with Gasteiger partial charge in [0.2, 0.25) is 0 Å². The normalized spacial score (nSPS) is 32.8. The molecule has 2 amide bonds. The Morgan fingerprint density at radius 3 is 2.95 bits per heavy atom. The van der Waals surface area contributed by atoms with Crippen molar-refractivity contribution in [1.29, 1.82) is 0 Å². The largest absolute Gasteiger partial charge is 0.378 e. The molecule has 0 aromatic rings. The minimum Gasteiger partial charge on any atom is -0.378 e. The molecule has 3 fully saturated rings. The lowest BCUT2D eigenvalue weighted by molar-refractivity contribution is -0.168. The third kappa shape index (κ3) is 3.01. The van der Waals surface area contributed by atoms with Gasteiger partial charge in [-0.2, -0.15) is 0 Å². The Hall–Kier alpha value is -0.850. The van der Waals surface area contributed by atoms with Gasteiger partial charge >= 0.3 is 6.03 Å². The van der Waals surface area contributed by atoms with Gasteiger partial charge in [0, 0.05) is 45.9 Å². The van der Waals surface area contributed by atoms with Crippen LogP contribution in [-0.4, -0.2) is 80.5 Å². The Balaban J connectivity index is 1.49. The highest BCUT2D eigenvalue weighted by Gasteiger charge is 2.38. The van der Waals surface area contributed by atoms with Crippen LogP contribution in [0.4, 0.5) is 4.79 Å². The minimum atomic E-state index is -0.0935. The maximum Gasteiger partial charge on any atom is 0.317 e. The molecular formula is C13H23N3O3. The summed E-state index contributed by atoms with van der Waals surface area (Å²) in [6.07, 6.45) is 2.18. The molecule has 3 saturated heterocycles. The van der Waals surface area contributed by atoms with Gasteiger partial charge in [-0.05, 0) is 12.8 Å². The van der Waals surface area contributed by atoms with E-state index in [0.29, 0.717) is 6.61 Å². The predicted octanol–water partition coefficient (Wildman–Crippen LogP) is -0.107. The molecule has 0 aromatic carbocycles. The maximum absolute atomic E-state index is 11.5. The number of urea groups is 1. The Morgan fingerprint density at radius 1 is 1.26 bits per heavy atom. The van der Waals surface area contributed by atoms with Gasteiger partial charge in [-0.15, -0.1) is 0 Å². The summed E-state index contributed by atoms with van der Waals surface area (Å²) in [7, 11) is 0. The molecule has 0 aromatic heterocycles. The molecule has 6 heteroatoms. The zero-order valence-electron chi connectivity index (χ0n) is 11.4. The number of hydrogen-bond acceptors (Lipinski definition) is 4. The highest BCUT2D eigenvalue weighted by atomic mass is 16.5. The van der Waals surface area contributed by atoms with Gasteiger partial charge in [0.05, 0.1) is 13.2 Å². The van der Waals surface area contributed by atoms with Crippen LogP contribution < -0.4 is 5.32 Å². The van der Waals surface area contributed by atoms with E-state index in [9.17, 15) is 4.79 Å². The Kier molecular flexibility index (Phi) is 3.91. The number of amides is 2. The SMILES string of the molecule is O=C1NCCN1CCN1CCOC2(CCCOC2)C1. The van der Waals surface area contributed by atoms with Crippen LogP contribution in [0.15, 0.2) is 0 Å². The van der Waals surface area contributed by atoms with Gasteiger partial charge in [0.25, 0.3) is 0 Å². The standard InChI is InChI=1S/C13H23N3O3/c17-12-14-3-4-16(12)6-5-15-7-9-19-13(10-15)2-1-8-18-11-13/h1-11H2,(H,14,17). The average molecular weight is 269 g/mol. The molecule has 108 valence electrons. The van der Waals surface area contributed by atoms with Crippen molar-refractivity contribution in [1.82, 2.24) is 15.1 Å². The summed E-state index contributed by atoms with van der Waals surface area (Å²) in [5.74, 6) is 0. The van der Waals surface area contributed by atoms with E-state index >= 15 is 0 Å². The third-order valence-corrected chi connectivity index (χ3v) is 4.25. The zero-order chi connectivity index (χ0) is 13.1. The topological polar surface area (TPSA) is 54.0 Å². The minimum absolute atomic E-state index is 0.0731. The number of carbonyl (C=O) groups is 1. The summed E-state index contributed by atoms with van der Waals surface area (Å²) >= 11 is 0. The molecule has 3 aliphatic heterocycles. The molecule has 0 saturated carbocycles. The van der Waals surface area contributed by atoms with Gasteiger partial charge in [0.15, 0.2) is 0 Å². The first-order valence-corrected chi connectivity index (χ1v) is 7.24. The lowest BCUT2D eigenvalue weighted by Crippen LogP contribution is -2.56. The maximum atomic E-state index is 11.5. The van der Waals surface area contributed by atoms with Crippen LogP contribution in [0.2, 0.25) is 0 Å². The summed E-state index contributed by atoms with van der Waals surface area (Å²) < 4.78 is 11.5. The molecular weight excluding hydrogens is 246 g/mol. The van der Waals surface area contributed by atoms with Gasteiger partial charge in [-0.3, -0.25) is 4.90 Å². The van der Waals surface area contributed by atoms with E-state index in [-0.39, 0.29) is 11.6 Å². The van der Waals surface area contributed by atoms with Crippen LogP contribution in [0.1, 0.15) is 12.8 Å². The summed E-state index contributed by atoms with van der Waals surface area (Å²) in [5.41, 5.74) is -0.0935. The van der Waals surface area contributed by atoms with Gasteiger partial charge in [0.1, 0.15) is 5.60 Å². The number of hydrogen-bond donors (Lipinski definition) is 1. The van der Waals surface area contributed by atoms with E-state index in [1.807, 2.05) is 4.90 Å². The lowest BCUT2D eigenvalue weighted by Gasteiger charge is -2.44. The summed E-state index contributed by atoms with van der Waals surface area (Å²) in [4.78, 5) is 15.8. The molecule has 0 radical (unpaired) electrons. The van der Waals surface area contributed by atoms with Gasteiger partial charge in [-0.1, -0.05) is 0 Å². The van der Waals surface area contributed by atoms with E-state index in [2.05, 4.69) is 10.2 Å². The number of nitrogens with one attached hydrogen (secondary N) is 1. The monoisotopic (exact) mass is 269 g/mol. The third-order valence-electron chi connectivity index (χ3n) is 4.25. The first-order valence-electron chi connectivity index (χ1n) is 7.24. The highest BCUT2D eigenvalue weighted by molar-refractivity contribution is 5.76. The Morgan fingerprint density at radius 2 is 2.21 bits per heavy atom. The van der Waals surface area contributed by atoms with Crippen molar-refractivity contribution < 1.29 is 14.3 Å². The van der Waals surface area contributed by atoms with E-state index < -0.39 is 0 Å². The van der Waals surface area contributed by atoms with Gasteiger partial charge in [-0.25, -0.2) is 4.79 Å². The number of ether oxygens (including phenoxy) is 2. The van der Waals surface area contributed by atoms with Crippen LogP contribution in [0, 0.1) is 0 Å². The molecule has 1 atom stereocenters. The van der Waals surface area contributed by atoms with Crippen molar-refractivity contribution in [3.63, 3.8) is 0 Å². The smallest absolute Gasteiger partial charge is 0.317 e. The van der Waals surface area contributed by atoms with Crippen LogP contribution >= 0.6 is 0 Å². The van der Waals surface area contributed by atoms with Crippen LogP contribution in [0.25, 0.3) is 0 Å². The first-order chi connectivity index (χ1) is 9.27. The zero-order valence-corrected chi connectivity index (χ0v) is 11.4. The Labute approximate surface area is 114 Å². The predicted molar refractivity (Wildman–Crippen MR) is 70.1 cm³/mol. The number of nitrogens with zero attached hydrogens (tertiary/aromatic N) is 2. The van der Waals surface area contributed by atoms with Crippen molar-refractivity contribution in [2.24, 2.45) is 0 Å². The molecule has 3 heterocycles. The molecule has 1 spiro atoms. The second kappa shape index (κ2) is 5.64. The molecule has 0 bridgehead atoms. The fourth-order valence-electron chi connectivity index (χ4n) is 3.17. The van der Waals surface area contributed by atoms with Crippen LogP contribution in [0.5, 0.6) is 0 Å². The van der Waals surface area contributed by atoms with Crippen LogP contribution in [-0.2, 0) is 9.47 Å². The van der Waals surface area contributed by atoms with E-state index in [1.165, 1.54) is 0 Å². The lowest BCUT2D eigenvalue weighted by atomic mass is 9.94. The summed E-state index contributed by atoms with van der Waals surface area (Å²) in [6.45, 7) is 7.58. The second-order valence-electron chi connectivity index (χ2n) is 5.68. The Bertz CT molecular complexity index is 326. The molecule has 1 unspecified atom stereocenters. The molecule has 0 aliphatic carbocycles. The number of carbonyl (C=O) groups excluding carboxylic acids is 1. The second-order valence-corrected chi connectivity index (χ2v) is 5.68. The number of morpholine rings is 1. The van der Waals surface area contributed by atoms with E-state index in [1.54, 1.807) is 0 Å². The number of rotatable bonds is 3. The van der Waals surface area contributed by atoms with Gasteiger partial charge < -0.3 is 19.7 Å². The fourth-order valence-corrected chi connectivity index (χ4v) is 3.17. The molecule has 19 heavy (non-hydrogen) atoms. The molecule has 6 nitrogen and oxygen atoms in total. The van der Waals surface area contributed by atoms with Crippen molar-refractivity contribution in [3.8, 4) is 0 Å². The fraction of sp³-hybridized carbons (Fsp3) is 0.923. The van der Waals surface area contributed by atoms with Crippen molar-refractivity contribution in [2.45, 2.75) is 18.4 Å². The molecule has 1 N–H and O–H groups in total. The van der Waals surface area contributed by atoms with Crippen molar-refractivity contribution >= 4 is 6.03 Å². The van der Waals surface area contributed by atoms with Crippen molar-refractivity contribution in [2.75, 3.05) is 59.1 Å². The summed E-state index contributed by atoms with van der Waals surface area (Å²) in [5, 5.41) is 2.84. The summed E-state index contributed by atoms with van der Waals surface area (Å²) in [6, 6.07) is 0.0731. The quantitative estimate of drug-likeness (QED) is 0.777.